The second-order valence-electron chi connectivity index (χ2n) is 4.45. The topological polar surface area (TPSA) is 56.8 Å². The van der Waals surface area contributed by atoms with Crippen LogP contribution in [0, 0.1) is 0 Å². The number of carbonyl (C=O) groups excluding carboxylic acids is 1. The lowest BCUT2D eigenvalue weighted by Crippen LogP contribution is -2.20. The van der Waals surface area contributed by atoms with Gasteiger partial charge in [0.1, 0.15) is 5.75 Å². The SMILES string of the molecule is O=C(COc1ccc2c(c1)OCO2)Nc1c(Cl)cccc1Cl. The van der Waals surface area contributed by atoms with E-state index < -0.39 is 0 Å². The Hall–Kier alpha value is -2.11. The number of nitrogens with one attached hydrogen (secondary N) is 1. The lowest BCUT2D eigenvalue weighted by Gasteiger charge is -2.10. The third kappa shape index (κ3) is 3.21. The number of hydrogen-bond donors (Lipinski definition) is 1. The first kappa shape index (κ1) is 14.8. The van der Waals surface area contributed by atoms with Crippen molar-refractivity contribution >= 4 is 34.8 Å². The van der Waals surface area contributed by atoms with Gasteiger partial charge >= 0.3 is 0 Å². The van der Waals surface area contributed by atoms with Crippen LogP contribution in [0.1, 0.15) is 0 Å². The Morgan fingerprint density at radius 3 is 2.64 bits per heavy atom. The highest BCUT2D eigenvalue weighted by Crippen LogP contribution is 2.35. The Balaban J connectivity index is 1.61. The number of para-hydroxylation sites is 1. The van der Waals surface area contributed by atoms with Crippen LogP contribution in [0.2, 0.25) is 10.0 Å². The molecule has 3 rings (SSSR count). The first-order valence-electron chi connectivity index (χ1n) is 6.40. The van der Waals surface area contributed by atoms with Crippen LogP contribution in [-0.2, 0) is 4.79 Å². The Kier molecular flexibility index (Phi) is 4.27. The van der Waals surface area contributed by atoms with Gasteiger partial charge in [-0.3, -0.25) is 4.79 Å². The molecule has 0 saturated carbocycles. The van der Waals surface area contributed by atoms with Crippen molar-refractivity contribution in [3.63, 3.8) is 0 Å². The van der Waals surface area contributed by atoms with Gasteiger partial charge in [0, 0.05) is 6.07 Å². The van der Waals surface area contributed by atoms with E-state index in [9.17, 15) is 4.79 Å². The molecule has 2 aromatic carbocycles. The molecular weight excluding hydrogens is 329 g/mol. The van der Waals surface area contributed by atoms with Crippen LogP contribution in [-0.4, -0.2) is 19.3 Å². The summed E-state index contributed by atoms with van der Waals surface area (Å²) >= 11 is 12.0. The minimum absolute atomic E-state index is 0.179. The van der Waals surface area contributed by atoms with Crippen LogP contribution in [0.3, 0.4) is 0 Å². The average molecular weight is 340 g/mol. The van der Waals surface area contributed by atoms with Crippen LogP contribution in [0.4, 0.5) is 5.69 Å². The maximum absolute atomic E-state index is 11.9. The molecule has 0 spiro atoms. The van der Waals surface area contributed by atoms with Crippen molar-refractivity contribution in [3.05, 3.63) is 46.4 Å². The molecule has 0 aromatic heterocycles. The molecule has 0 radical (unpaired) electrons. The van der Waals surface area contributed by atoms with Crippen molar-refractivity contribution in [2.45, 2.75) is 0 Å². The van der Waals surface area contributed by atoms with Gasteiger partial charge in [-0.05, 0) is 24.3 Å². The summed E-state index contributed by atoms with van der Waals surface area (Å²) in [5.41, 5.74) is 0.366. The number of halogens is 2. The smallest absolute Gasteiger partial charge is 0.262 e. The summed E-state index contributed by atoms with van der Waals surface area (Å²) in [5, 5.41) is 3.35. The molecule has 22 heavy (non-hydrogen) atoms. The molecule has 0 bridgehead atoms. The molecule has 7 heteroatoms. The molecule has 5 nitrogen and oxygen atoms in total. The summed E-state index contributed by atoms with van der Waals surface area (Å²) in [7, 11) is 0. The molecule has 0 atom stereocenters. The summed E-state index contributed by atoms with van der Waals surface area (Å²) < 4.78 is 15.8. The van der Waals surface area contributed by atoms with Crippen molar-refractivity contribution < 1.29 is 19.0 Å². The van der Waals surface area contributed by atoms with Gasteiger partial charge in [0.05, 0.1) is 15.7 Å². The van der Waals surface area contributed by atoms with Gasteiger partial charge < -0.3 is 19.5 Å². The van der Waals surface area contributed by atoms with Gasteiger partial charge in [0.2, 0.25) is 6.79 Å². The van der Waals surface area contributed by atoms with Crippen molar-refractivity contribution in [1.29, 1.82) is 0 Å². The van der Waals surface area contributed by atoms with Crippen LogP contribution >= 0.6 is 23.2 Å². The van der Waals surface area contributed by atoms with E-state index in [-0.39, 0.29) is 19.3 Å². The predicted molar refractivity (Wildman–Crippen MR) is 83.2 cm³/mol. The number of carbonyl (C=O) groups is 1. The number of rotatable bonds is 4. The van der Waals surface area contributed by atoms with Gasteiger partial charge in [-0.25, -0.2) is 0 Å². The lowest BCUT2D eigenvalue weighted by molar-refractivity contribution is -0.118. The largest absolute Gasteiger partial charge is 0.484 e. The zero-order valence-corrected chi connectivity index (χ0v) is 12.8. The average Bonchev–Trinajstić information content (AvgIpc) is 2.96. The third-order valence-electron chi connectivity index (χ3n) is 2.94. The third-order valence-corrected chi connectivity index (χ3v) is 3.57. The van der Waals surface area contributed by atoms with E-state index in [2.05, 4.69) is 5.32 Å². The Bertz CT molecular complexity index is 700. The Morgan fingerprint density at radius 2 is 1.86 bits per heavy atom. The Labute approximate surface area is 136 Å². The fraction of sp³-hybridized carbons (Fsp3) is 0.133. The minimum Gasteiger partial charge on any atom is -0.484 e. The predicted octanol–water partition coefficient (Wildman–Crippen LogP) is 3.74. The highest BCUT2D eigenvalue weighted by Gasteiger charge is 2.15. The molecule has 0 unspecified atom stereocenters. The molecule has 1 aliphatic rings. The van der Waals surface area contributed by atoms with Gasteiger partial charge in [0.25, 0.3) is 5.91 Å². The van der Waals surface area contributed by atoms with Crippen molar-refractivity contribution in [2.24, 2.45) is 0 Å². The molecular formula is C15H11Cl2NO4. The van der Waals surface area contributed by atoms with Crippen molar-refractivity contribution in [2.75, 3.05) is 18.7 Å². The van der Waals surface area contributed by atoms with Gasteiger partial charge in [0.15, 0.2) is 18.1 Å². The van der Waals surface area contributed by atoms with Crippen LogP contribution in [0.15, 0.2) is 36.4 Å². The molecule has 0 fully saturated rings. The second kappa shape index (κ2) is 6.34. The molecule has 1 heterocycles. The second-order valence-corrected chi connectivity index (χ2v) is 5.26. The number of anilines is 1. The zero-order valence-electron chi connectivity index (χ0n) is 11.3. The molecule has 1 amide bonds. The fourth-order valence-corrected chi connectivity index (χ4v) is 2.40. The molecule has 1 N–H and O–H groups in total. The molecule has 0 aliphatic carbocycles. The van der Waals surface area contributed by atoms with Gasteiger partial charge in [-0.2, -0.15) is 0 Å². The van der Waals surface area contributed by atoms with E-state index in [1.165, 1.54) is 0 Å². The van der Waals surface area contributed by atoms with Crippen molar-refractivity contribution in [3.8, 4) is 17.2 Å². The van der Waals surface area contributed by atoms with Gasteiger partial charge in [-0.15, -0.1) is 0 Å². The van der Waals surface area contributed by atoms with E-state index in [0.29, 0.717) is 33.0 Å². The van der Waals surface area contributed by atoms with E-state index in [4.69, 9.17) is 37.4 Å². The summed E-state index contributed by atoms with van der Waals surface area (Å²) in [6.45, 7) is 0.00543. The quantitative estimate of drug-likeness (QED) is 0.921. The van der Waals surface area contributed by atoms with Gasteiger partial charge in [-0.1, -0.05) is 29.3 Å². The summed E-state index contributed by atoms with van der Waals surface area (Å²) in [6.07, 6.45) is 0. The molecule has 2 aromatic rings. The van der Waals surface area contributed by atoms with Crippen molar-refractivity contribution in [1.82, 2.24) is 0 Å². The van der Waals surface area contributed by atoms with E-state index in [1.807, 2.05) is 0 Å². The number of benzene rings is 2. The van der Waals surface area contributed by atoms with E-state index >= 15 is 0 Å². The number of hydrogen-bond acceptors (Lipinski definition) is 4. The first-order valence-corrected chi connectivity index (χ1v) is 7.15. The highest BCUT2D eigenvalue weighted by atomic mass is 35.5. The summed E-state index contributed by atoms with van der Waals surface area (Å²) in [4.78, 5) is 11.9. The normalized spacial score (nSPS) is 12.1. The fourth-order valence-electron chi connectivity index (χ4n) is 1.91. The number of fused-ring (bicyclic) bond motifs is 1. The molecule has 1 aliphatic heterocycles. The van der Waals surface area contributed by atoms with Crippen LogP contribution in [0.5, 0.6) is 17.2 Å². The van der Waals surface area contributed by atoms with Crippen LogP contribution < -0.4 is 19.5 Å². The lowest BCUT2D eigenvalue weighted by atomic mass is 10.3. The highest BCUT2D eigenvalue weighted by molar-refractivity contribution is 6.39. The monoisotopic (exact) mass is 339 g/mol. The Morgan fingerprint density at radius 1 is 1.14 bits per heavy atom. The van der Waals surface area contributed by atoms with Crippen LogP contribution in [0.25, 0.3) is 0 Å². The zero-order chi connectivity index (χ0) is 15.5. The standard InChI is InChI=1S/C15H11Cl2NO4/c16-10-2-1-3-11(17)15(10)18-14(19)7-20-9-4-5-12-13(6-9)22-8-21-12/h1-6H,7-8H2,(H,18,19). The van der Waals surface area contributed by atoms with E-state index in [0.717, 1.165) is 0 Å². The minimum atomic E-state index is -0.368. The summed E-state index contributed by atoms with van der Waals surface area (Å²) in [6, 6.07) is 10.1. The molecule has 0 saturated heterocycles. The maximum Gasteiger partial charge on any atom is 0.262 e. The number of amides is 1. The first-order chi connectivity index (χ1) is 10.6. The number of ether oxygens (including phenoxy) is 3. The summed E-state index contributed by atoms with van der Waals surface area (Å²) in [5.74, 6) is 1.38. The molecule has 114 valence electrons. The maximum atomic E-state index is 11.9. The van der Waals surface area contributed by atoms with E-state index in [1.54, 1.807) is 36.4 Å².